The van der Waals surface area contributed by atoms with E-state index in [1.54, 1.807) is 12.1 Å². The van der Waals surface area contributed by atoms with Gasteiger partial charge in [-0.25, -0.2) is 0 Å². The largest absolute Gasteiger partial charge is 0.477 e. The second kappa shape index (κ2) is 10.4. The zero-order valence-electron chi connectivity index (χ0n) is 17.3. The summed E-state index contributed by atoms with van der Waals surface area (Å²) < 4.78 is 6.03. The average Bonchev–Trinajstić information content (AvgIpc) is 2.88. The normalized spacial score (nSPS) is 24.1. The number of anilines is 1. The van der Waals surface area contributed by atoms with Crippen molar-refractivity contribution < 1.29 is 9.53 Å². The van der Waals surface area contributed by atoms with Gasteiger partial charge in [-0.05, 0) is 45.2 Å². The highest BCUT2D eigenvalue weighted by molar-refractivity contribution is 6.33. The van der Waals surface area contributed by atoms with Gasteiger partial charge in [0.05, 0.1) is 16.3 Å². The highest BCUT2D eigenvalue weighted by Crippen LogP contribution is 2.35. The van der Waals surface area contributed by atoms with Gasteiger partial charge < -0.3 is 20.7 Å². The zero-order valence-corrected chi connectivity index (χ0v) is 18.9. The van der Waals surface area contributed by atoms with E-state index in [-0.39, 0.29) is 30.5 Å². The van der Waals surface area contributed by atoms with E-state index in [1.165, 1.54) is 12.8 Å². The molecule has 7 heteroatoms. The number of halogens is 2. The molecule has 2 fully saturated rings. The van der Waals surface area contributed by atoms with Gasteiger partial charge in [0.1, 0.15) is 5.75 Å². The zero-order chi connectivity index (χ0) is 20.3. The number of piperidine rings is 1. The lowest BCUT2D eigenvalue weighted by atomic mass is 9.97. The van der Waals surface area contributed by atoms with E-state index in [1.807, 2.05) is 13.8 Å². The topological polar surface area (TPSA) is 67.6 Å². The molecule has 1 aromatic rings. The van der Waals surface area contributed by atoms with Crippen LogP contribution in [0.4, 0.5) is 5.69 Å². The number of ether oxygens (including phenoxy) is 1. The molecule has 0 spiro atoms. The lowest BCUT2D eigenvalue weighted by molar-refractivity contribution is 0.0877. The minimum atomic E-state index is -0.286. The van der Waals surface area contributed by atoms with E-state index < -0.39 is 0 Å². The molecule has 1 amide bonds. The van der Waals surface area contributed by atoms with E-state index in [9.17, 15) is 4.79 Å². The summed E-state index contributed by atoms with van der Waals surface area (Å²) in [5.74, 6) is 6.41. The Balaban J connectivity index is 0.00000300. The van der Waals surface area contributed by atoms with Crippen molar-refractivity contribution in [1.29, 1.82) is 0 Å². The monoisotopic (exact) mass is 439 g/mol. The highest BCUT2D eigenvalue weighted by atomic mass is 35.5. The maximum atomic E-state index is 13.1. The summed E-state index contributed by atoms with van der Waals surface area (Å²) in [7, 11) is 2.19. The maximum absolute atomic E-state index is 13.1. The standard InChI is InChI=1S/C22H30ClN3O2.ClH/c1-4-6-7-17(5-2)28-21-13-20(24)19(23)12-18(21)22(27)25-14-10-15-8-9-16(11-14)26(15)3;/h12-17H,4-5,8-11,24H2,1-3H3,(H,25,27);1H. The van der Waals surface area contributed by atoms with Gasteiger partial charge in [-0.2, -0.15) is 0 Å². The number of hydrogen-bond acceptors (Lipinski definition) is 4. The summed E-state index contributed by atoms with van der Waals surface area (Å²) in [6.45, 7) is 4.00. The number of fused-ring (bicyclic) bond motifs is 2. The van der Waals surface area contributed by atoms with Crippen LogP contribution < -0.4 is 15.8 Å². The first-order valence-corrected chi connectivity index (χ1v) is 10.6. The predicted octanol–water partition coefficient (Wildman–Crippen LogP) is 4.27. The summed E-state index contributed by atoms with van der Waals surface area (Å²) in [6.07, 6.45) is 5.58. The minimum Gasteiger partial charge on any atom is -0.477 e. The molecule has 1 aromatic carbocycles. The van der Waals surface area contributed by atoms with Crippen molar-refractivity contribution in [3.05, 3.63) is 22.7 Å². The number of nitrogen functional groups attached to an aromatic ring is 1. The third-order valence-corrected chi connectivity index (χ3v) is 6.18. The van der Waals surface area contributed by atoms with Gasteiger partial charge in [0, 0.05) is 30.6 Å². The fraction of sp³-hybridized carbons (Fsp3) is 0.591. The molecule has 29 heavy (non-hydrogen) atoms. The van der Waals surface area contributed by atoms with Crippen LogP contribution in [0.3, 0.4) is 0 Å². The van der Waals surface area contributed by atoms with Gasteiger partial charge in [0.15, 0.2) is 6.10 Å². The Morgan fingerprint density at radius 3 is 2.59 bits per heavy atom. The number of carbonyl (C=O) groups excluding carboxylic acids is 1. The van der Waals surface area contributed by atoms with Crippen molar-refractivity contribution in [2.75, 3.05) is 12.8 Å². The molecule has 3 rings (SSSR count). The van der Waals surface area contributed by atoms with Gasteiger partial charge in [-0.3, -0.25) is 4.79 Å². The Morgan fingerprint density at radius 1 is 1.34 bits per heavy atom. The van der Waals surface area contributed by atoms with Crippen LogP contribution in [0.5, 0.6) is 5.75 Å². The predicted molar refractivity (Wildman–Crippen MR) is 121 cm³/mol. The number of nitrogens with two attached hydrogens (primary N) is 1. The number of benzene rings is 1. The number of carbonyl (C=O) groups is 1. The van der Waals surface area contributed by atoms with Crippen LogP contribution in [0, 0.1) is 11.8 Å². The number of amides is 1. The van der Waals surface area contributed by atoms with Crippen molar-refractivity contribution in [3.8, 4) is 17.6 Å². The maximum Gasteiger partial charge on any atom is 0.255 e. The van der Waals surface area contributed by atoms with Crippen LogP contribution in [-0.2, 0) is 0 Å². The molecule has 160 valence electrons. The third kappa shape index (κ3) is 5.51. The van der Waals surface area contributed by atoms with Crippen LogP contribution in [0.2, 0.25) is 5.02 Å². The van der Waals surface area contributed by atoms with Gasteiger partial charge in [0.25, 0.3) is 5.91 Å². The van der Waals surface area contributed by atoms with Crippen LogP contribution in [0.25, 0.3) is 0 Å². The fourth-order valence-corrected chi connectivity index (χ4v) is 4.38. The lowest BCUT2D eigenvalue weighted by Crippen LogP contribution is -2.48. The van der Waals surface area contributed by atoms with Crippen LogP contribution in [-0.4, -0.2) is 42.1 Å². The number of nitrogens with zero attached hydrogens (tertiary/aromatic N) is 1. The van der Waals surface area contributed by atoms with Gasteiger partial charge in [-0.15, -0.1) is 12.4 Å². The molecule has 2 aliphatic heterocycles. The molecular formula is C22H31Cl2N3O2. The SMILES string of the molecule is CCC#CC(CC)Oc1cc(N)c(Cl)cc1C(=O)NC1CC2CCC(C1)N2C.Cl. The Hall–Kier alpha value is -1.61. The minimum absolute atomic E-state index is 0. The molecule has 2 heterocycles. The van der Waals surface area contributed by atoms with Crippen molar-refractivity contribution >= 4 is 35.6 Å². The first-order chi connectivity index (χ1) is 13.4. The molecule has 2 aliphatic rings. The molecular weight excluding hydrogens is 409 g/mol. The fourth-order valence-electron chi connectivity index (χ4n) is 4.22. The van der Waals surface area contributed by atoms with E-state index in [4.69, 9.17) is 22.1 Å². The number of hydrogen-bond donors (Lipinski definition) is 2. The molecule has 5 nitrogen and oxygen atoms in total. The first-order valence-electron chi connectivity index (χ1n) is 10.2. The quantitative estimate of drug-likeness (QED) is 0.530. The number of nitrogens with one attached hydrogen (secondary N) is 1. The van der Waals surface area contributed by atoms with E-state index in [0.717, 1.165) is 25.7 Å². The van der Waals surface area contributed by atoms with Crippen molar-refractivity contribution in [2.45, 2.75) is 76.6 Å². The number of rotatable bonds is 5. The van der Waals surface area contributed by atoms with Gasteiger partial charge in [-0.1, -0.05) is 37.3 Å². The molecule has 0 radical (unpaired) electrons. The highest BCUT2D eigenvalue weighted by Gasteiger charge is 2.39. The Bertz CT molecular complexity index is 776. The summed E-state index contributed by atoms with van der Waals surface area (Å²) in [4.78, 5) is 15.5. The average molecular weight is 440 g/mol. The molecule has 3 unspecified atom stereocenters. The van der Waals surface area contributed by atoms with Gasteiger partial charge in [0.2, 0.25) is 0 Å². The molecule has 0 aromatic heterocycles. The molecule has 0 aliphatic carbocycles. The summed E-state index contributed by atoms with van der Waals surface area (Å²) in [5.41, 5.74) is 6.78. The molecule has 2 bridgehead atoms. The molecule has 3 N–H and O–H groups in total. The lowest BCUT2D eigenvalue weighted by Gasteiger charge is -2.36. The molecule has 3 atom stereocenters. The van der Waals surface area contributed by atoms with E-state index >= 15 is 0 Å². The van der Waals surface area contributed by atoms with E-state index in [0.29, 0.717) is 34.1 Å². The smallest absolute Gasteiger partial charge is 0.255 e. The summed E-state index contributed by atoms with van der Waals surface area (Å²) in [5, 5.41) is 3.55. The summed E-state index contributed by atoms with van der Waals surface area (Å²) in [6, 6.07) is 4.52. The van der Waals surface area contributed by atoms with Crippen molar-refractivity contribution in [3.63, 3.8) is 0 Å². The Morgan fingerprint density at radius 2 is 2.00 bits per heavy atom. The first kappa shape index (κ1) is 23.7. The van der Waals surface area contributed by atoms with Crippen LogP contribution in [0.1, 0.15) is 62.7 Å². The third-order valence-electron chi connectivity index (χ3n) is 5.86. The van der Waals surface area contributed by atoms with Crippen LogP contribution in [0.15, 0.2) is 12.1 Å². The van der Waals surface area contributed by atoms with Crippen molar-refractivity contribution in [1.82, 2.24) is 10.2 Å². The van der Waals surface area contributed by atoms with Crippen molar-refractivity contribution in [2.24, 2.45) is 0 Å². The Kier molecular flexibility index (Phi) is 8.51. The second-order valence-corrected chi connectivity index (χ2v) is 8.16. The molecule has 2 saturated heterocycles. The van der Waals surface area contributed by atoms with E-state index in [2.05, 4.69) is 29.1 Å². The second-order valence-electron chi connectivity index (χ2n) is 7.75. The Labute approximate surface area is 185 Å². The van der Waals surface area contributed by atoms with Crippen LogP contribution >= 0.6 is 24.0 Å². The summed E-state index contributed by atoms with van der Waals surface area (Å²) >= 11 is 6.21. The molecule has 0 saturated carbocycles. The van der Waals surface area contributed by atoms with Gasteiger partial charge >= 0.3 is 0 Å².